The van der Waals surface area contributed by atoms with Gasteiger partial charge in [-0.25, -0.2) is 4.98 Å². The number of benzene rings is 1. The predicted molar refractivity (Wildman–Crippen MR) is 75.4 cm³/mol. The van der Waals surface area contributed by atoms with Crippen LogP contribution < -0.4 is 15.4 Å². The number of guanidine groups is 1. The van der Waals surface area contributed by atoms with E-state index in [9.17, 15) is 0 Å². The lowest BCUT2D eigenvalue weighted by Crippen LogP contribution is -2.29. The molecule has 2 aromatic rings. The average Bonchev–Trinajstić information content (AvgIpc) is 2.46. The van der Waals surface area contributed by atoms with Crippen molar-refractivity contribution >= 4 is 11.8 Å². The fraction of sp³-hybridized carbons (Fsp3) is 0.143. The third-order valence-electron chi connectivity index (χ3n) is 2.57. The molecule has 1 aromatic heterocycles. The van der Waals surface area contributed by atoms with Crippen LogP contribution in [0, 0.1) is 5.41 Å². The molecule has 0 amide bonds. The number of anilines is 1. The van der Waals surface area contributed by atoms with E-state index < -0.39 is 0 Å². The molecule has 0 bridgehead atoms. The molecule has 0 atom stereocenters. The van der Waals surface area contributed by atoms with Crippen LogP contribution in [0.25, 0.3) is 0 Å². The molecule has 0 radical (unpaired) electrons. The van der Waals surface area contributed by atoms with Crippen molar-refractivity contribution in [3.8, 4) is 5.75 Å². The largest absolute Gasteiger partial charge is 0.496 e. The number of ether oxygens (including phenoxy) is 1. The molecule has 0 saturated carbocycles. The SMILES string of the molecule is COc1ccccc1CNC(=N)Nc1ccccn1. The summed E-state index contributed by atoms with van der Waals surface area (Å²) in [5.74, 6) is 1.64. The van der Waals surface area contributed by atoms with E-state index in [-0.39, 0.29) is 5.96 Å². The second kappa shape index (κ2) is 6.39. The molecule has 2 rings (SSSR count). The second-order valence-electron chi connectivity index (χ2n) is 3.88. The van der Waals surface area contributed by atoms with Crippen LogP contribution in [0.1, 0.15) is 5.56 Å². The van der Waals surface area contributed by atoms with Crippen LogP contribution in [0.4, 0.5) is 5.82 Å². The molecule has 3 N–H and O–H groups in total. The monoisotopic (exact) mass is 256 g/mol. The Kier molecular flexibility index (Phi) is 4.34. The van der Waals surface area contributed by atoms with Crippen molar-refractivity contribution in [2.45, 2.75) is 6.54 Å². The number of hydrogen-bond donors (Lipinski definition) is 3. The molecule has 1 aromatic carbocycles. The molecule has 0 unspecified atom stereocenters. The van der Waals surface area contributed by atoms with Crippen molar-refractivity contribution in [3.05, 3.63) is 54.2 Å². The van der Waals surface area contributed by atoms with Crippen molar-refractivity contribution in [1.29, 1.82) is 5.41 Å². The molecule has 0 aliphatic carbocycles. The third-order valence-corrected chi connectivity index (χ3v) is 2.57. The number of aromatic nitrogens is 1. The number of rotatable bonds is 4. The van der Waals surface area contributed by atoms with Gasteiger partial charge in [-0.15, -0.1) is 0 Å². The van der Waals surface area contributed by atoms with Crippen molar-refractivity contribution in [3.63, 3.8) is 0 Å². The molecule has 1 heterocycles. The maximum absolute atomic E-state index is 7.80. The van der Waals surface area contributed by atoms with Crippen molar-refractivity contribution in [1.82, 2.24) is 10.3 Å². The summed E-state index contributed by atoms with van der Waals surface area (Å²) in [4.78, 5) is 4.09. The van der Waals surface area contributed by atoms with Gasteiger partial charge in [0.1, 0.15) is 11.6 Å². The summed E-state index contributed by atoms with van der Waals surface area (Å²) in [6.07, 6.45) is 1.68. The number of hydrogen-bond acceptors (Lipinski definition) is 3. The summed E-state index contributed by atoms with van der Waals surface area (Å²) >= 11 is 0. The van der Waals surface area contributed by atoms with Gasteiger partial charge in [-0.2, -0.15) is 0 Å². The molecule has 19 heavy (non-hydrogen) atoms. The van der Waals surface area contributed by atoms with Crippen LogP contribution >= 0.6 is 0 Å². The van der Waals surface area contributed by atoms with Gasteiger partial charge >= 0.3 is 0 Å². The van der Waals surface area contributed by atoms with Crippen LogP contribution in [0.15, 0.2) is 48.7 Å². The number of nitrogens with zero attached hydrogens (tertiary/aromatic N) is 1. The Balaban J connectivity index is 1.90. The zero-order valence-corrected chi connectivity index (χ0v) is 10.7. The van der Waals surface area contributed by atoms with Gasteiger partial charge in [-0.05, 0) is 18.2 Å². The van der Waals surface area contributed by atoms with Gasteiger partial charge in [0.2, 0.25) is 0 Å². The second-order valence-corrected chi connectivity index (χ2v) is 3.88. The lowest BCUT2D eigenvalue weighted by molar-refractivity contribution is 0.409. The van der Waals surface area contributed by atoms with Gasteiger partial charge in [0.15, 0.2) is 5.96 Å². The maximum atomic E-state index is 7.80. The zero-order chi connectivity index (χ0) is 13.5. The topological polar surface area (TPSA) is 70.0 Å². The van der Waals surface area contributed by atoms with E-state index in [1.807, 2.05) is 36.4 Å². The van der Waals surface area contributed by atoms with E-state index >= 15 is 0 Å². The molecule has 0 fully saturated rings. The highest BCUT2D eigenvalue weighted by Crippen LogP contribution is 2.16. The summed E-state index contributed by atoms with van der Waals surface area (Å²) in [5, 5.41) is 13.6. The van der Waals surface area contributed by atoms with Crippen LogP contribution in [-0.4, -0.2) is 18.1 Å². The van der Waals surface area contributed by atoms with Crippen molar-refractivity contribution < 1.29 is 4.74 Å². The Labute approximate surface area is 112 Å². The van der Waals surface area contributed by atoms with Crippen LogP contribution in [0.3, 0.4) is 0 Å². The highest BCUT2D eigenvalue weighted by atomic mass is 16.5. The number of methoxy groups -OCH3 is 1. The molecule has 0 aliphatic rings. The minimum atomic E-state index is 0.199. The first-order chi connectivity index (χ1) is 9.29. The number of nitrogens with one attached hydrogen (secondary N) is 3. The van der Waals surface area contributed by atoms with E-state index in [0.717, 1.165) is 11.3 Å². The van der Waals surface area contributed by atoms with E-state index in [2.05, 4.69) is 15.6 Å². The fourth-order valence-electron chi connectivity index (χ4n) is 1.64. The molecular weight excluding hydrogens is 240 g/mol. The summed E-state index contributed by atoms with van der Waals surface area (Å²) < 4.78 is 5.25. The highest BCUT2D eigenvalue weighted by Gasteiger charge is 2.03. The predicted octanol–water partition coefficient (Wildman–Crippen LogP) is 2.23. The highest BCUT2D eigenvalue weighted by molar-refractivity contribution is 5.90. The average molecular weight is 256 g/mol. The first kappa shape index (κ1) is 12.9. The van der Waals surface area contributed by atoms with Gasteiger partial charge in [0.05, 0.1) is 7.11 Å². The van der Waals surface area contributed by atoms with Crippen molar-refractivity contribution in [2.24, 2.45) is 0 Å². The van der Waals surface area contributed by atoms with Crippen LogP contribution in [0.5, 0.6) is 5.75 Å². The lowest BCUT2D eigenvalue weighted by Gasteiger charge is -2.12. The lowest BCUT2D eigenvalue weighted by atomic mass is 10.2. The molecule has 5 nitrogen and oxygen atoms in total. The van der Waals surface area contributed by atoms with Gasteiger partial charge in [-0.3, -0.25) is 5.41 Å². The Morgan fingerprint density at radius 1 is 1.21 bits per heavy atom. The summed E-state index contributed by atoms with van der Waals surface area (Å²) in [7, 11) is 1.64. The number of pyridine rings is 1. The summed E-state index contributed by atoms with van der Waals surface area (Å²) in [6.45, 7) is 0.517. The first-order valence-corrected chi connectivity index (χ1v) is 5.92. The van der Waals surface area contributed by atoms with Crippen LogP contribution in [0.2, 0.25) is 0 Å². The maximum Gasteiger partial charge on any atom is 0.194 e. The molecule has 0 spiro atoms. The summed E-state index contributed by atoms with van der Waals surface area (Å²) in [5.41, 5.74) is 0.998. The van der Waals surface area contributed by atoms with Gasteiger partial charge in [0, 0.05) is 18.3 Å². The van der Waals surface area contributed by atoms with Gasteiger partial charge in [0.25, 0.3) is 0 Å². The molecule has 0 saturated heterocycles. The quantitative estimate of drug-likeness (QED) is 0.579. The molecular formula is C14H16N4O. The van der Waals surface area contributed by atoms with E-state index in [4.69, 9.17) is 10.1 Å². The Bertz CT molecular complexity index is 542. The van der Waals surface area contributed by atoms with Gasteiger partial charge in [-0.1, -0.05) is 24.3 Å². The number of para-hydroxylation sites is 1. The third kappa shape index (κ3) is 3.70. The minimum absolute atomic E-state index is 0.199. The Morgan fingerprint density at radius 3 is 2.74 bits per heavy atom. The summed E-state index contributed by atoms with van der Waals surface area (Å²) in [6, 6.07) is 13.2. The minimum Gasteiger partial charge on any atom is -0.496 e. The smallest absolute Gasteiger partial charge is 0.194 e. The van der Waals surface area contributed by atoms with Crippen LogP contribution in [-0.2, 0) is 6.54 Å². The molecule has 0 aliphatic heterocycles. The zero-order valence-electron chi connectivity index (χ0n) is 10.7. The Morgan fingerprint density at radius 2 is 2.00 bits per heavy atom. The van der Waals surface area contributed by atoms with Gasteiger partial charge < -0.3 is 15.4 Å². The molecule has 5 heteroatoms. The Hall–Kier alpha value is -2.56. The van der Waals surface area contributed by atoms with E-state index in [1.54, 1.807) is 19.4 Å². The first-order valence-electron chi connectivity index (χ1n) is 5.92. The van der Waals surface area contributed by atoms with Crippen molar-refractivity contribution in [2.75, 3.05) is 12.4 Å². The van der Waals surface area contributed by atoms with E-state index in [1.165, 1.54) is 0 Å². The van der Waals surface area contributed by atoms with E-state index in [0.29, 0.717) is 12.4 Å². The molecule has 98 valence electrons. The standard InChI is InChI=1S/C14H16N4O/c1-19-12-7-3-2-6-11(12)10-17-14(15)18-13-8-4-5-9-16-13/h2-9H,10H2,1H3,(H3,15,16,17,18). The normalized spacial score (nSPS) is 9.74. The fourth-order valence-corrected chi connectivity index (χ4v) is 1.64.